The molecule has 0 amide bonds. The Morgan fingerprint density at radius 1 is 0.282 bits per heavy atom. The predicted octanol–water partition coefficient (Wildman–Crippen LogP) is 20.8. The SMILES string of the molecule is CCC/C=C\CCCCCCCC(=O)OCC(COC(=O)CCCCCCCCCCCCCCCC/C=C\C/C=C\C/C=C\CCCCCCC)OC(=O)CCCCCCC/C=C\CCCCCCC. The van der Waals surface area contributed by atoms with Crippen molar-refractivity contribution >= 4 is 17.9 Å². The van der Waals surface area contributed by atoms with Crippen LogP contribution in [0.5, 0.6) is 0 Å². The van der Waals surface area contributed by atoms with Crippen molar-refractivity contribution < 1.29 is 28.6 Å². The summed E-state index contributed by atoms with van der Waals surface area (Å²) in [5.74, 6) is -0.888. The number of carbonyl (C=O) groups is 3. The van der Waals surface area contributed by atoms with Gasteiger partial charge in [-0.3, -0.25) is 14.4 Å². The number of esters is 3. The average molecular weight is 994 g/mol. The van der Waals surface area contributed by atoms with Crippen LogP contribution in [-0.4, -0.2) is 37.2 Å². The third-order valence-electron chi connectivity index (χ3n) is 13.4. The molecule has 0 aromatic heterocycles. The first-order valence-corrected chi connectivity index (χ1v) is 30.8. The molecule has 0 rings (SSSR count). The van der Waals surface area contributed by atoms with Gasteiger partial charge in [0.25, 0.3) is 0 Å². The molecular formula is C65H116O6. The number of hydrogen-bond donors (Lipinski definition) is 0. The molecule has 0 aromatic rings. The van der Waals surface area contributed by atoms with Gasteiger partial charge in [-0.1, -0.05) is 255 Å². The summed E-state index contributed by atoms with van der Waals surface area (Å²) in [5.41, 5.74) is 0. The number of unbranched alkanes of at least 4 members (excludes halogenated alkanes) is 35. The molecule has 1 unspecified atom stereocenters. The summed E-state index contributed by atoms with van der Waals surface area (Å²) >= 11 is 0. The van der Waals surface area contributed by atoms with Crippen LogP contribution in [0.1, 0.15) is 316 Å². The van der Waals surface area contributed by atoms with E-state index < -0.39 is 6.10 Å². The maximum Gasteiger partial charge on any atom is 0.306 e. The lowest BCUT2D eigenvalue weighted by Crippen LogP contribution is -2.30. The first-order chi connectivity index (χ1) is 35.0. The second-order valence-electron chi connectivity index (χ2n) is 20.6. The van der Waals surface area contributed by atoms with Crippen molar-refractivity contribution in [3.63, 3.8) is 0 Å². The molecule has 6 heteroatoms. The molecule has 412 valence electrons. The van der Waals surface area contributed by atoms with Crippen LogP contribution in [0.3, 0.4) is 0 Å². The number of allylic oxidation sites excluding steroid dienone is 10. The molecule has 0 saturated heterocycles. The molecule has 0 spiro atoms. The zero-order chi connectivity index (χ0) is 51.4. The second-order valence-corrected chi connectivity index (χ2v) is 20.6. The van der Waals surface area contributed by atoms with Crippen molar-refractivity contribution in [3.05, 3.63) is 60.8 Å². The highest BCUT2D eigenvalue weighted by Crippen LogP contribution is 2.16. The molecule has 0 radical (unpaired) electrons. The lowest BCUT2D eigenvalue weighted by molar-refractivity contribution is -0.167. The van der Waals surface area contributed by atoms with Gasteiger partial charge in [-0.05, 0) is 103 Å². The van der Waals surface area contributed by atoms with Crippen LogP contribution in [0.15, 0.2) is 60.8 Å². The van der Waals surface area contributed by atoms with Crippen molar-refractivity contribution in [2.24, 2.45) is 0 Å². The fourth-order valence-corrected chi connectivity index (χ4v) is 8.80. The van der Waals surface area contributed by atoms with Gasteiger partial charge in [-0.25, -0.2) is 0 Å². The van der Waals surface area contributed by atoms with Gasteiger partial charge in [-0.2, -0.15) is 0 Å². The van der Waals surface area contributed by atoms with E-state index in [1.807, 2.05) is 0 Å². The van der Waals surface area contributed by atoms with Gasteiger partial charge in [0.05, 0.1) is 0 Å². The highest BCUT2D eigenvalue weighted by atomic mass is 16.6. The molecule has 6 nitrogen and oxygen atoms in total. The summed E-state index contributed by atoms with van der Waals surface area (Å²) in [6.07, 6.45) is 75.2. The second kappa shape index (κ2) is 59.7. The number of ether oxygens (including phenoxy) is 3. The minimum Gasteiger partial charge on any atom is -0.462 e. The Morgan fingerprint density at radius 3 is 0.859 bits per heavy atom. The minimum atomic E-state index is -0.780. The van der Waals surface area contributed by atoms with E-state index in [1.165, 1.54) is 180 Å². The zero-order valence-electron chi connectivity index (χ0n) is 47.2. The monoisotopic (exact) mass is 993 g/mol. The molecule has 0 aliphatic heterocycles. The molecule has 1 atom stereocenters. The fourth-order valence-electron chi connectivity index (χ4n) is 8.80. The van der Waals surface area contributed by atoms with E-state index in [-0.39, 0.29) is 31.1 Å². The van der Waals surface area contributed by atoms with E-state index in [9.17, 15) is 14.4 Å². The summed E-state index contributed by atoms with van der Waals surface area (Å²) in [5, 5.41) is 0. The summed E-state index contributed by atoms with van der Waals surface area (Å²) < 4.78 is 16.8. The molecule has 0 aliphatic rings. The van der Waals surface area contributed by atoms with Crippen molar-refractivity contribution in [1.29, 1.82) is 0 Å². The van der Waals surface area contributed by atoms with Gasteiger partial charge in [0, 0.05) is 19.3 Å². The molecule has 0 aromatic carbocycles. The summed E-state index contributed by atoms with van der Waals surface area (Å²) in [6.45, 7) is 6.57. The van der Waals surface area contributed by atoms with Crippen LogP contribution in [0.4, 0.5) is 0 Å². The van der Waals surface area contributed by atoms with Crippen molar-refractivity contribution in [1.82, 2.24) is 0 Å². The highest BCUT2D eigenvalue weighted by Gasteiger charge is 2.19. The molecule has 71 heavy (non-hydrogen) atoms. The zero-order valence-corrected chi connectivity index (χ0v) is 47.2. The molecule has 0 fully saturated rings. The first-order valence-electron chi connectivity index (χ1n) is 30.8. The molecule has 0 N–H and O–H groups in total. The van der Waals surface area contributed by atoms with Crippen LogP contribution in [0.2, 0.25) is 0 Å². The van der Waals surface area contributed by atoms with Crippen molar-refractivity contribution in [2.75, 3.05) is 13.2 Å². The smallest absolute Gasteiger partial charge is 0.306 e. The average Bonchev–Trinajstić information content (AvgIpc) is 3.37. The van der Waals surface area contributed by atoms with E-state index in [2.05, 4.69) is 81.5 Å². The summed E-state index contributed by atoms with van der Waals surface area (Å²) in [6, 6.07) is 0. The van der Waals surface area contributed by atoms with Crippen LogP contribution in [0.25, 0.3) is 0 Å². The maximum atomic E-state index is 12.8. The predicted molar refractivity (Wildman–Crippen MR) is 307 cm³/mol. The third-order valence-corrected chi connectivity index (χ3v) is 13.4. The van der Waals surface area contributed by atoms with Gasteiger partial charge in [-0.15, -0.1) is 0 Å². The maximum absolute atomic E-state index is 12.8. The molecule has 0 aliphatic carbocycles. The molecule has 0 saturated carbocycles. The number of hydrogen-bond acceptors (Lipinski definition) is 6. The highest BCUT2D eigenvalue weighted by molar-refractivity contribution is 5.71. The van der Waals surface area contributed by atoms with E-state index in [1.54, 1.807) is 0 Å². The molecular weight excluding hydrogens is 877 g/mol. The van der Waals surface area contributed by atoms with Crippen LogP contribution < -0.4 is 0 Å². The number of carbonyl (C=O) groups excluding carboxylic acids is 3. The summed E-state index contributed by atoms with van der Waals surface area (Å²) in [7, 11) is 0. The van der Waals surface area contributed by atoms with E-state index in [0.29, 0.717) is 19.3 Å². The van der Waals surface area contributed by atoms with Crippen LogP contribution >= 0.6 is 0 Å². The minimum absolute atomic E-state index is 0.0787. The quantitative estimate of drug-likeness (QED) is 0.0261. The van der Waals surface area contributed by atoms with Gasteiger partial charge >= 0.3 is 17.9 Å². The van der Waals surface area contributed by atoms with Crippen molar-refractivity contribution in [3.8, 4) is 0 Å². The van der Waals surface area contributed by atoms with E-state index in [0.717, 1.165) is 96.3 Å². The topological polar surface area (TPSA) is 78.9 Å². The van der Waals surface area contributed by atoms with Crippen LogP contribution in [-0.2, 0) is 28.6 Å². The van der Waals surface area contributed by atoms with Gasteiger partial charge < -0.3 is 14.2 Å². The van der Waals surface area contributed by atoms with E-state index in [4.69, 9.17) is 14.2 Å². The first kappa shape index (κ1) is 68.1. The van der Waals surface area contributed by atoms with E-state index >= 15 is 0 Å². The standard InChI is InChI=1S/C65H116O6/c1-4-7-10-13-16-19-22-24-26-27-28-29-30-31-32-33-34-35-36-37-38-39-40-42-43-46-49-52-55-58-64(67)70-61-62(60-69-63(66)57-54-51-48-45-21-18-15-12-9-6-3)71-65(68)59-56-53-50-47-44-41-25-23-20-17-14-11-8-5-2/h12,15,22-25,27-28,30-31,62H,4-11,13-14,16-21,26,29,32-61H2,1-3H3/b15-12-,24-22-,25-23-,28-27-,31-30-. The number of rotatable bonds is 56. The lowest BCUT2D eigenvalue weighted by Gasteiger charge is -2.18. The molecule has 0 heterocycles. The Balaban J connectivity index is 4.14. The normalized spacial score (nSPS) is 12.4. The van der Waals surface area contributed by atoms with Gasteiger partial charge in [0.2, 0.25) is 0 Å². The fraction of sp³-hybridized carbons (Fsp3) is 0.800. The molecule has 0 bridgehead atoms. The Morgan fingerprint density at radius 2 is 0.535 bits per heavy atom. The van der Waals surface area contributed by atoms with Gasteiger partial charge in [0.15, 0.2) is 6.10 Å². The Labute approximate surface area is 440 Å². The lowest BCUT2D eigenvalue weighted by atomic mass is 10.0. The van der Waals surface area contributed by atoms with Gasteiger partial charge in [0.1, 0.15) is 13.2 Å². The third kappa shape index (κ3) is 57.9. The Kier molecular flexibility index (Phi) is 57.2. The van der Waals surface area contributed by atoms with Crippen LogP contribution in [0, 0.1) is 0 Å². The summed E-state index contributed by atoms with van der Waals surface area (Å²) in [4.78, 5) is 38.1. The Hall–Kier alpha value is -2.89. The Bertz CT molecular complexity index is 1280. The largest absolute Gasteiger partial charge is 0.462 e. The van der Waals surface area contributed by atoms with Crippen molar-refractivity contribution in [2.45, 2.75) is 322 Å².